The monoisotopic (exact) mass is 272 g/mol. The fraction of sp³-hybridized carbons (Fsp3) is 0.700. The number of aromatic amines is 1. The van der Waals surface area contributed by atoms with Gasteiger partial charge < -0.3 is 10.8 Å². The van der Waals surface area contributed by atoms with E-state index in [4.69, 9.17) is 10.8 Å². The standard InChI is InChI=1S/C10H16N4O3S/c1-2-14-8(17)12-13-9(14)18-6-3-4-10(11,5-6)7(15)16/h6H,2-5,11H2,1H3,(H,12,17)(H,15,16). The molecule has 1 saturated carbocycles. The molecule has 8 heteroatoms. The second kappa shape index (κ2) is 4.77. The maximum Gasteiger partial charge on any atom is 0.343 e. The van der Waals surface area contributed by atoms with E-state index in [-0.39, 0.29) is 10.9 Å². The number of aromatic nitrogens is 3. The van der Waals surface area contributed by atoms with Crippen LogP contribution in [0.3, 0.4) is 0 Å². The van der Waals surface area contributed by atoms with Crippen LogP contribution in [0.5, 0.6) is 0 Å². The summed E-state index contributed by atoms with van der Waals surface area (Å²) < 4.78 is 1.53. The molecule has 1 aliphatic rings. The molecule has 7 nitrogen and oxygen atoms in total. The normalized spacial score (nSPS) is 27.6. The number of hydrogen-bond donors (Lipinski definition) is 3. The molecule has 100 valence electrons. The number of aliphatic carboxylic acids is 1. The zero-order valence-electron chi connectivity index (χ0n) is 10.0. The van der Waals surface area contributed by atoms with E-state index in [0.29, 0.717) is 24.5 Å². The molecule has 2 atom stereocenters. The minimum Gasteiger partial charge on any atom is -0.480 e. The van der Waals surface area contributed by atoms with Crippen LogP contribution in [0, 0.1) is 0 Å². The van der Waals surface area contributed by atoms with Gasteiger partial charge in [-0.2, -0.15) is 0 Å². The molecule has 18 heavy (non-hydrogen) atoms. The predicted molar refractivity (Wildman–Crippen MR) is 66.6 cm³/mol. The van der Waals surface area contributed by atoms with Gasteiger partial charge in [0, 0.05) is 11.8 Å². The van der Waals surface area contributed by atoms with Crippen molar-refractivity contribution in [3.63, 3.8) is 0 Å². The molecule has 1 fully saturated rings. The maximum atomic E-state index is 11.4. The molecule has 2 rings (SSSR count). The highest BCUT2D eigenvalue weighted by molar-refractivity contribution is 7.99. The molecule has 0 aromatic carbocycles. The highest BCUT2D eigenvalue weighted by atomic mass is 32.2. The van der Waals surface area contributed by atoms with Crippen LogP contribution in [0.15, 0.2) is 9.95 Å². The highest BCUT2D eigenvalue weighted by Crippen LogP contribution is 2.38. The SMILES string of the molecule is CCn1c(SC2CCC(N)(C(=O)O)C2)n[nH]c1=O. The Morgan fingerprint density at radius 2 is 2.50 bits per heavy atom. The van der Waals surface area contributed by atoms with Crippen molar-refractivity contribution in [1.29, 1.82) is 0 Å². The molecule has 0 bridgehead atoms. The average molecular weight is 272 g/mol. The van der Waals surface area contributed by atoms with Gasteiger partial charge in [0.1, 0.15) is 5.54 Å². The van der Waals surface area contributed by atoms with Crippen LogP contribution in [0.1, 0.15) is 26.2 Å². The minimum atomic E-state index is -1.13. The predicted octanol–water partition coefficient (Wildman–Crippen LogP) is 0.0180. The van der Waals surface area contributed by atoms with Gasteiger partial charge >= 0.3 is 11.7 Å². The minimum absolute atomic E-state index is 0.0894. The second-order valence-corrected chi connectivity index (χ2v) is 5.77. The summed E-state index contributed by atoms with van der Waals surface area (Å²) in [6.45, 7) is 2.40. The molecule has 1 aliphatic carbocycles. The van der Waals surface area contributed by atoms with E-state index in [1.54, 1.807) is 0 Å². The Hall–Kier alpha value is -1.28. The number of carboxylic acids is 1. The van der Waals surface area contributed by atoms with Crippen molar-refractivity contribution >= 4 is 17.7 Å². The molecule has 4 N–H and O–H groups in total. The average Bonchev–Trinajstić information content (AvgIpc) is 2.85. The van der Waals surface area contributed by atoms with E-state index in [9.17, 15) is 9.59 Å². The summed E-state index contributed by atoms with van der Waals surface area (Å²) in [6, 6.07) is 0. The van der Waals surface area contributed by atoms with Gasteiger partial charge in [-0.25, -0.2) is 9.89 Å². The van der Waals surface area contributed by atoms with E-state index < -0.39 is 11.5 Å². The lowest BCUT2D eigenvalue weighted by molar-refractivity contribution is -0.143. The lowest BCUT2D eigenvalue weighted by Gasteiger charge is -2.17. The third-order valence-electron chi connectivity index (χ3n) is 3.24. The maximum absolute atomic E-state index is 11.4. The van der Waals surface area contributed by atoms with Gasteiger partial charge in [0.25, 0.3) is 0 Å². The van der Waals surface area contributed by atoms with Crippen LogP contribution in [0.2, 0.25) is 0 Å². The van der Waals surface area contributed by atoms with Gasteiger partial charge in [-0.3, -0.25) is 9.36 Å². The van der Waals surface area contributed by atoms with Crippen molar-refractivity contribution in [2.24, 2.45) is 5.73 Å². The van der Waals surface area contributed by atoms with Crippen LogP contribution in [0.25, 0.3) is 0 Å². The zero-order chi connectivity index (χ0) is 13.3. The third-order valence-corrected chi connectivity index (χ3v) is 4.50. The Kier molecular flexibility index (Phi) is 3.49. The molecular weight excluding hydrogens is 256 g/mol. The third kappa shape index (κ3) is 2.30. The van der Waals surface area contributed by atoms with E-state index in [2.05, 4.69) is 10.2 Å². The first-order valence-corrected chi connectivity index (χ1v) is 6.68. The quantitative estimate of drug-likeness (QED) is 0.712. The first-order chi connectivity index (χ1) is 8.46. The molecule has 1 heterocycles. The summed E-state index contributed by atoms with van der Waals surface area (Å²) in [5, 5.41) is 16.1. The molecule has 1 aromatic rings. The van der Waals surface area contributed by atoms with Crippen molar-refractivity contribution in [2.45, 2.75) is 48.7 Å². The van der Waals surface area contributed by atoms with Crippen LogP contribution in [-0.2, 0) is 11.3 Å². The number of H-pyrrole nitrogens is 1. The second-order valence-electron chi connectivity index (χ2n) is 4.50. The number of hydrogen-bond acceptors (Lipinski definition) is 5. The summed E-state index contributed by atoms with van der Waals surface area (Å²) in [6.07, 6.45) is 1.58. The Morgan fingerprint density at radius 1 is 1.78 bits per heavy atom. The highest BCUT2D eigenvalue weighted by Gasteiger charge is 2.42. The van der Waals surface area contributed by atoms with Crippen molar-refractivity contribution in [3.8, 4) is 0 Å². The summed E-state index contributed by atoms with van der Waals surface area (Å²) in [7, 11) is 0. The zero-order valence-corrected chi connectivity index (χ0v) is 10.9. The molecule has 0 saturated heterocycles. The molecule has 0 radical (unpaired) electrons. The Bertz CT molecular complexity index is 511. The fourth-order valence-electron chi connectivity index (χ4n) is 2.14. The molecule has 1 aromatic heterocycles. The van der Waals surface area contributed by atoms with Crippen molar-refractivity contribution in [3.05, 3.63) is 10.5 Å². The number of nitrogens with one attached hydrogen (secondary N) is 1. The number of nitrogens with zero attached hydrogens (tertiary/aromatic N) is 2. The van der Waals surface area contributed by atoms with Crippen LogP contribution in [0.4, 0.5) is 0 Å². The Labute approximate surface area is 108 Å². The van der Waals surface area contributed by atoms with Crippen LogP contribution >= 0.6 is 11.8 Å². The van der Waals surface area contributed by atoms with Crippen LogP contribution < -0.4 is 11.4 Å². The van der Waals surface area contributed by atoms with Gasteiger partial charge in [-0.15, -0.1) is 5.10 Å². The van der Waals surface area contributed by atoms with Gasteiger partial charge in [0.15, 0.2) is 5.16 Å². The van der Waals surface area contributed by atoms with Gasteiger partial charge in [0.05, 0.1) is 0 Å². The fourth-order valence-corrected chi connectivity index (χ4v) is 3.50. The lowest BCUT2D eigenvalue weighted by Crippen LogP contribution is -2.45. The van der Waals surface area contributed by atoms with Crippen LogP contribution in [-0.4, -0.2) is 36.6 Å². The topological polar surface area (TPSA) is 114 Å². The largest absolute Gasteiger partial charge is 0.480 e. The number of thioether (sulfide) groups is 1. The Balaban J connectivity index is 2.08. The molecule has 0 amide bonds. The first kappa shape index (κ1) is 13.2. The first-order valence-electron chi connectivity index (χ1n) is 5.80. The number of rotatable bonds is 4. The molecule has 2 unspecified atom stereocenters. The van der Waals surface area contributed by atoms with Gasteiger partial charge in [-0.1, -0.05) is 11.8 Å². The van der Waals surface area contributed by atoms with E-state index in [1.165, 1.54) is 16.3 Å². The summed E-state index contributed by atoms with van der Waals surface area (Å²) in [4.78, 5) is 22.4. The summed E-state index contributed by atoms with van der Waals surface area (Å²) in [5.74, 6) is -0.958. The van der Waals surface area contributed by atoms with Gasteiger partial charge in [0.2, 0.25) is 0 Å². The summed E-state index contributed by atoms with van der Waals surface area (Å²) >= 11 is 1.42. The van der Waals surface area contributed by atoms with Crippen molar-refractivity contribution in [1.82, 2.24) is 14.8 Å². The molecule has 0 aliphatic heterocycles. The Morgan fingerprint density at radius 3 is 3.06 bits per heavy atom. The van der Waals surface area contributed by atoms with Gasteiger partial charge in [-0.05, 0) is 26.2 Å². The lowest BCUT2D eigenvalue weighted by atomic mass is 10.0. The summed E-state index contributed by atoms with van der Waals surface area (Å²) in [5.41, 5.74) is 4.44. The van der Waals surface area contributed by atoms with Crippen molar-refractivity contribution < 1.29 is 9.90 Å². The number of carboxylic acid groups (broad SMARTS) is 1. The number of nitrogens with two attached hydrogens (primary N) is 1. The molecule has 0 spiro atoms. The smallest absolute Gasteiger partial charge is 0.343 e. The van der Waals surface area contributed by atoms with E-state index >= 15 is 0 Å². The van der Waals surface area contributed by atoms with E-state index in [0.717, 1.165) is 6.42 Å². The number of carbonyl (C=O) groups is 1. The molecular formula is C10H16N4O3S. The van der Waals surface area contributed by atoms with E-state index in [1.807, 2.05) is 6.92 Å². The van der Waals surface area contributed by atoms with Crippen molar-refractivity contribution in [2.75, 3.05) is 0 Å².